The summed E-state index contributed by atoms with van der Waals surface area (Å²) in [5.41, 5.74) is 17.5. The summed E-state index contributed by atoms with van der Waals surface area (Å²) in [5, 5.41) is 16.4. The zero-order chi connectivity index (χ0) is 29.9. The first-order valence-corrected chi connectivity index (χ1v) is 15.0. The van der Waals surface area contributed by atoms with Crippen LogP contribution in [0.5, 0.6) is 0 Å². The van der Waals surface area contributed by atoms with Gasteiger partial charge in [-0.05, 0) is 43.3 Å². The number of nitrogens with zero attached hydrogens (tertiary/aromatic N) is 1. The van der Waals surface area contributed by atoms with Gasteiger partial charge in [0.05, 0.1) is 12.6 Å². The highest BCUT2D eigenvalue weighted by Crippen LogP contribution is 2.12. The number of aliphatic carboxylic acids is 1. The fourth-order valence-corrected chi connectivity index (χ4v) is 4.48. The molecule has 13 nitrogen and oxygen atoms in total. The van der Waals surface area contributed by atoms with Crippen molar-refractivity contribution in [1.29, 1.82) is 0 Å². The highest BCUT2D eigenvalue weighted by molar-refractivity contribution is 8.13. The van der Waals surface area contributed by atoms with Gasteiger partial charge in [0.2, 0.25) is 22.8 Å². The van der Waals surface area contributed by atoms with Crippen molar-refractivity contribution in [2.75, 3.05) is 25.1 Å². The van der Waals surface area contributed by atoms with Crippen LogP contribution in [0.3, 0.4) is 0 Å². The molecule has 1 rings (SSSR count). The van der Waals surface area contributed by atoms with Crippen molar-refractivity contribution in [3.63, 3.8) is 0 Å². The standard InChI is InChI=1S/C25H39N7O6S2/c1-39-13-11-19(31-22(36)17(26)9-10-20(33)34)24(38)32-18(8-5-12-29-25(27)28)23(37)30-14-21(35)40-15-16-6-3-2-4-7-16/h2-4,6-7,17-19H,5,8-15,26H2,1H3,(H,30,37)(H,31,36)(H,32,38)(H,33,34)(H4,27,28,29)/t17-,18-,19-/m0/s1. The van der Waals surface area contributed by atoms with E-state index in [1.165, 1.54) is 11.8 Å². The van der Waals surface area contributed by atoms with Crippen molar-refractivity contribution in [3.05, 3.63) is 35.9 Å². The number of carboxylic acids is 1. The first-order valence-electron chi connectivity index (χ1n) is 12.6. The lowest BCUT2D eigenvalue weighted by molar-refractivity contribution is -0.137. The second-order valence-electron chi connectivity index (χ2n) is 8.76. The second kappa shape index (κ2) is 19.7. The Hall–Kier alpha value is -3.30. The number of guanidine groups is 1. The topological polar surface area (TPSA) is 232 Å². The lowest BCUT2D eigenvalue weighted by Gasteiger charge is -2.24. The van der Waals surface area contributed by atoms with Crippen LogP contribution >= 0.6 is 23.5 Å². The average Bonchev–Trinajstić information content (AvgIpc) is 2.93. The maximum atomic E-state index is 13.1. The van der Waals surface area contributed by atoms with Crippen molar-refractivity contribution >= 4 is 58.3 Å². The zero-order valence-electron chi connectivity index (χ0n) is 22.5. The Morgan fingerprint density at radius 1 is 0.950 bits per heavy atom. The van der Waals surface area contributed by atoms with E-state index in [4.69, 9.17) is 22.3 Å². The molecule has 0 spiro atoms. The number of carboxylic acid groups (broad SMARTS) is 1. The number of thioether (sulfide) groups is 2. The number of amides is 3. The summed E-state index contributed by atoms with van der Waals surface area (Å²) in [7, 11) is 0. The SMILES string of the molecule is CSCC[C@H](NC(=O)[C@@H](N)CCC(=O)O)C(=O)N[C@@H](CCCN=C(N)N)C(=O)NCC(=O)SCc1ccccc1. The third-order valence-electron chi connectivity index (χ3n) is 5.48. The van der Waals surface area contributed by atoms with Gasteiger partial charge in [0.1, 0.15) is 12.1 Å². The highest BCUT2D eigenvalue weighted by Gasteiger charge is 2.28. The average molecular weight is 598 g/mol. The van der Waals surface area contributed by atoms with Crippen molar-refractivity contribution in [2.24, 2.45) is 22.2 Å². The lowest BCUT2D eigenvalue weighted by atomic mass is 10.1. The Morgan fingerprint density at radius 2 is 1.60 bits per heavy atom. The number of hydrogen-bond acceptors (Lipinski definition) is 9. The van der Waals surface area contributed by atoms with Crippen molar-refractivity contribution in [1.82, 2.24) is 16.0 Å². The molecule has 1 aromatic carbocycles. The molecular weight excluding hydrogens is 558 g/mol. The Bertz CT molecular complexity index is 1010. The van der Waals surface area contributed by atoms with E-state index in [0.717, 1.165) is 17.3 Å². The Morgan fingerprint density at radius 3 is 2.23 bits per heavy atom. The van der Waals surface area contributed by atoms with Crippen LogP contribution < -0.4 is 33.2 Å². The highest BCUT2D eigenvalue weighted by atomic mass is 32.2. The van der Waals surface area contributed by atoms with Crippen LogP contribution in [0.4, 0.5) is 0 Å². The number of carbonyl (C=O) groups is 5. The minimum absolute atomic E-state index is 0.0931. The molecule has 3 atom stereocenters. The molecule has 0 aromatic heterocycles. The maximum absolute atomic E-state index is 13.1. The zero-order valence-corrected chi connectivity index (χ0v) is 24.1. The lowest BCUT2D eigenvalue weighted by Crippen LogP contribution is -2.56. The first kappa shape index (κ1) is 34.7. The molecule has 0 unspecified atom stereocenters. The number of nitrogens with one attached hydrogen (secondary N) is 3. The minimum atomic E-state index is -1.11. The molecule has 0 aliphatic rings. The quantitative estimate of drug-likeness (QED) is 0.0612. The summed E-state index contributed by atoms with van der Waals surface area (Å²) in [6, 6.07) is 6.27. The third-order valence-corrected chi connectivity index (χ3v) is 7.07. The molecule has 15 heteroatoms. The summed E-state index contributed by atoms with van der Waals surface area (Å²) < 4.78 is 0. The van der Waals surface area contributed by atoms with E-state index in [1.807, 2.05) is 36.6 Å². The van der Waals surface area contributed by atoms with E-state index in [-0.39, 0.29) is 49.8 Å². The van der Waals surface area contributed by atoms with Gasteiger partial charge in [-0.2, -0.15) is 11.8 Å². The molecular formula is C25H39N7O6S2. The summed E-state index contributed by atoms with van der Waals surface area (Å²) >= 11 is 2.52. The Kier molecular flexibility index (Phi) is 17.1. The predicted molar refractivity (Wildman–Crippen MR) is 157 cm³/mol. The molecule has 0 aliphatic heterocycles. The van der Waals surface area contributed by atoms with Crippen LogP contribution in [0.1, 0.15) is 37.7 Å². The molecule has 0 radical (unpaired) electrons. The van der Waals surface area contributed by atoms with Crippen LogP contribution in [0.25, 0.3) is 0 Å². The number of aliphatic imine (C=N–C) groups is 1. The van der Waals surface area contributed by atoms with E-state index in [2.05, 4.69) is 20.9 Å². The predicted octanol–water partition coefficient (Wildman–Crippen LogP) is -0.469. The fraction of sp³-hybridized carbons (Fsp3) is 0.520. The van der Waals surface area contributed by atoms with Gasteiger partial charge in [-0.1, -0.05) is 42.1 Å². The first-order chi connectivity index (χ1) is 19.0. The van der Waals surface area contributed by atoms with Gasteiger partial charge >= 0.3 is 5.97 Å². The van der Waals surface area contributed by atoms with Gasteiger partial charge in [-0.25, -0.2) is 0 Å². The molecule has 10 N–H and O–H groups in total. The molecule has 0 saturated carbocycles. The van der Waals surface area contributed by atoms with Gasteiger partial charge in [0.15, 0.2) is 5.96 Å². The molecule has 0 saturated heterocycles. The van der Waals surface area contributed by atoms with Gasteiger partial charge in [-0.3, -0.25) is 29.0 Å². The molecule has 3 amide bonds. The molecule has 1 aromatic rings. The monoisotopic (exact) mass is 597 g/mol. The van der Waals surface area contributed by atoms with Gasteiger partial charge in [0, 0.05) is 18.7 Å². The van der Waals surface area contributed by atoms with Crippen molar-refractivity contribution < 1.29 is 29.1 Å². The van der Waals surface area contributed by atoms with Gasteiger partial charge < -0.3 is 38.3 Å². The third kappa shape index (κ3) is 15.3. The van der Waals surface area contributed by atoms with Crippen LogP contribution in [-0.2, 0) is 29.7 Å². The molecule has 0 heterocycles. The molecule has 40 heavy (non-hydrogen) atoms. The van der Waals surface area contributed by atoms with E-state index < -0.39 is 41.8 Å². The summed E-state index contributed by atoms with van der Waals surface area (Å²) in [6.07, 6.45) is 2.22. The van der Waals surface area contributed by atoms with Crippen LogP contribution in [0.15, 0.2) is 35.3 Å². The number of rotatable bonds is 19. The molecule has 0 bridgehead atoms. The summed E-state index contributed by atoms with van der Waals surface area (Å²) in [6.45, 7) is -0.0133. The number of carbonyl (C=O) groups excluding carboxylic acids is 4. The van der Waals surface area contributed by atoms with E-state index >= 15 is 0 Å². The van der Waals surface area contributed by atoms with Crippen LogP contribution in [-0.4, -0.2) is 83.1 Å². The summed E-state index contributed by atoms with van der Waals surface area (Å²) in [5.74, 6) is -2.06. The van der Waals surface area contributed by atoms with Crippen molar-refractivity contribution in [2.45, 2.75) is 56.0 Å². The van der Waals surface area contributed by atoms with Gasteiger partial charge in [-0.15, -0.1) is 0 Å². The molecule has 222 valence electrons. The van der Waals surface area contributed by atoms with Gasteiger partial charge in [0.25, 0.3) is 0 Å². The van der Waals surface area contributed by atoms with Crippen LogP contribution in [0, 0.1) is 0 Å². The van der Waals surface area contributed by atoms with E-state index in [9.17, 15) is 24.0 Å². The minimum Gasteiger partial charge on any atom is -0.481 e. The normalized spacial score (nSPS) is 12.8. The molecule has 0 fully saturated rings. The number of hydrogen-bond donors (Lipinski definition) is 7. The summed E-state index contributed by atoms with van der Waals surface area (Å²) in [4.78, 5) is 65.6. The van der Waals surface area contributed by atoms with Crippen LogP contribution in [0.2, 0.25) is 0 Å². The number of benzene rings is 1. The van der Waals surface area contributed by atoms with E-state index in [1.54, 1.807) is 0 Å². The maximum Gasteiger partial charge on any atom is 0.303 e. The second-order valence-corrected chi connectivity index (χ2v) is 10.8. The Balaban J connectivity index is 2.83. The van der Waals surface area contributed by atoms with E-state index in [0.29, 0.717) is 17.9 Å². The Labute approximate surface area is 242 Å². The molecule has 0 aliphatic carbocycles. The smallest absolute Gasteiger partial charge is 0.303 e. The number of nitrogens with two attached hydrogens (primary N) is 3. The fourth-order valence-electron chi connectivity index (χ4n) is 3.31. The largest absolute Gasteiger partial charge is 0.481 e. The van der Waals surface area contributed by atoms with Crippen molar-refractivity contribution in [3.8, 4) is 0 Å².